The standard InChI is InChI=1S/C11H14Cl2/c1-10(2,11(3,12)13)9-7-5-4-6-8-9/h4-8H,1-3H3. The van der Waals surface area contributed by atoms with Gasteiger partial charge >= 0.3 is 0 Å². The van der Waals surface area contributed by atoms with Crippen molar-refractivity contribution in [2.45, 2.75) is 30.5 Å². The highest BCUT2D eigenvalue weighted by atomic mass is 35.5. The van der Waals surface area contributed by atoms with Crippen molar-refractivity contribution in [3.05, 3.63) is 35.9 Å². The summed E-state index contributed by atoms with van der Waals surface area (Å²) in [5.41, 5.74) is 0.916. The zero-order valence-corrected chi connectivity index (χ0v) is 9.65. The molecule has 0 N–H and O–H groups in total. The van der Waals surface area contributed by atoms with Gasteiger partial charge in [-0.05, 0) is 12.5 Å². The summed E-state index contributed by atoms with van der Waals surface area (Å²) in [7, 11) is 0. The van der Waals surface area contributed by atoms with Gasteiger partial charge in [-0.1, -0.05) is 44.2 Å². The third-order valence-corrected chi connectivity index (χ3v) is 3.54. The van der Waals surface area contributed by atoms with Crippen LogP contribution >= 0.6 is 23.2 Å². The summed E-state index contributed by atoms with van der Waals surface area (Å²) in [5, 5.41) is 0. The zero-order valence-electron chi connectivity index (χ0n) is 8.14. The Morgan fingerprint density at radius 2 is 1.38 bits per heavy atom. The van der Waals surface area contributed by atoms with Gasteiger partial charge in [0, 0.05) is 5.41 Å². The van der Waals surface area contributed by atoms with Gasteiger partial charge in [-0.15, -0.1) is 23.2 Å². The van der Waals surface area contributed by atoms with E-state index >= 15 is 0 Å². The summed E-state index contributed by atoms with van der Waals surface area (Å²) in [6.07, 6.45) is 0. The highest BCUT2D eigenvalue weighted by Gasteiger charge is 2.38. The topological polar surface area (TPSA) is 0 Å². The van der Waals surface area contributed by atoms with Crippen LogP contribution in [0.15, 0.2) is 30.3 Å². The second-order valence-corrected chi connectivity index (χ2v) is 5.58. The molecule has 72 valence electrons. The molecule has 0 amide bonds. The lowest BCUT2D eigenvalue weighted by Crippen LogP contribution is -2.35. The first-order chi connectivity index (χ1) is 5.86. The molecule has 0 nitrogen and oxygen atoms in total. The SMILES string of the molecule is CC(Cl)(Cl)C(C)(C)c1ccccc1. The number of hydrogen-bond donors (Lipinski definition) is 0. The van der Waals surface area contributed by atoms with Gasteiger partial charge in [0.25, 0.3) is 0 Å². The molecule has 0 bridgehead atoms. The van der Waals surface area contributed by atoms with Gasteiger partial charge in [0.1, 0.15) is 4.33 Å². The Hall–Kier alpha value is -0.200. The van der Waals surface area contributed by atoms with E-state index in [1.54, 1.807) is 0 Å². The van der Waals surface area contributed by atoms with Gasteiger partial charge < -0.3 is 0 Å². The highest BCUT2D eigenvalue weighted by molar-refractivity contribution is 6.49. The first kappa shape index (κ1) is 10.9. The summed E-state index contributed by atoms with van der Waals surface area (Å²) in [6, 6.07) is 10.1. The molecule has 0 unspecified atom stereocenters. The summed E-state index contributed by atoms with van der Waals surface area (Å²) in [4.78, 5) is 0. The highest BCUT2D eigenvalue weighted by Crippen LogP contribution is 2.42. The predicted octanol–water partition coefficient (Wildman–Crippen LogP) is 4.16. The van der Waals surface area contributed by atoms with Crippen LogP contribution in [0.5, 0.6) is 0 Å². The molecule has 0 spiro atoms. The van der Waals surface area contributed by atoms with Crippen molar-refractivity contribution in [3.8, 4) is 0 Å². The minimum atomic E-state index is -0.756. The first-order valence-corrected chi connectivity index (χ1v) is 5.04. The maximum absolute atomic E-state index is 6.12. The Labute approximate surface area is 89.9 Å². The Morgan fingerprint density at radius 1 is 0.923 bits per heavy atom. The zero-order chi connectivity index (χ0) is 10.1. The van der Waals surface area contributed by atoms with E-state index < -0.39 is 4.33 Å². The van der Waals surface area contributed by atoms with Crippen LogP contribution < -0.4 is 0 Å². The molecule has 0 aromatic heterocycles. The molecule has 1 aromatic rings. The van der Waals surface area contributed by atoms with E-state index in [-0.39, 0.29) is 5.41 Å². The number of alkyl halides is 2. The normalized spacial score (nSPS) is 13.0. The van der Waals surface area contributed by atoms with Crippen molar-refractivity contribution in [3.63, 3.8) is 0 Å². The summed E-state index contributed by atoms with van der Waals surface area (Å²) in [6.45, 7) is 5.91. The molecule has 0 atom stereocenters. The molecule has 0 aliphatic carbocycles. The number of rotatable bonds is 2. The Bertz CT molecular complexity index is 270. The van der Waals surface area contributed by atoms with E-state index in [0.29, 0.717) is 0 Å². The molecule has 1 aromatic carbocycles. The largest absolute Gasteiger partial charge is 0.124 e. The molecular formula is C11H14Cl2. The molecule has 0 saturated heterocycles. The molecule has 2 heteroatoms. The first-order valence-electron chi connectivity index (χ1n) is 4.29. The van der Waals surface area contributed by atoms with Crippen LogP contribution in [0, 0.1) is 0 Å². The monoisotopic (exact) mass is 216 g/mol. The van der Waals surface area contributed by atoms with Crippen molar-refractivity contribution in [1.29, 1.82) is 0 Å². The van der Waals surface area contributed by atoms with E-state index in [1.807, 2.05) is 51.1 Å². The van der Waals surface area contributed by atoms with Gasteiger partial charge in [0.2, 0.25) is 0 Å². The molecule has 1 rings (SSSR count). The van der Waals surface area contributed by atoms with Gasteiger partial charge in [0.05, 0.1) is 0 Å². The van der Waals surface area contributed by atoms with Crippen LogP contribution in [-0.4, -0.2) is 4.33 Å². The Kier molecular flexibility index (Phi) is 2.94. The fourth-order valence-corrected chi connectivity index (χ4v) is 1.33. The Balaban J connectivity index is 3.08. The van der Waals surface area contributed by atoms with Gasteiger partial charge in [0.15, 0.2) is 0 Å². The molecule has 0 radical (unpaired) electrons. The number of hydrogen-bond acceptors (Lipinski definition) is 0. The van der Waals surface area contributed by atoms with Crippen LogP contribution in [0.2, 0.25) is 0 Å². The summed E-state index contributed by atoms with van der Waals surface area (Å²) >= 11 is 12.2. The van der Waals surface area contributed by atoms with Crippen LogP contribution in [0.4, 0.5) is 0 Å². The third-order valence-electron chi connectivity index (χ3n) is 2.59. The van der Waals surface area contributed by atoms with Crippen molar-refractivity contribution in [1.82, 2.24) is 0 Å². The lowest BCUT2D eigenvalue weighted by Gasteiger charge is -2.34. The van der Waals surface area contributed by atoms with Crippen molar-refractivity contribution in [2.24, 2.45) is 0 Å². The summed E-state index contributed by atoms with van der Waals surface area (Å²) in [5.74, 6) is 0. The van der Waals surface area contributed by atoms with Crippen LogP contribution in [-0.2, 0) is 5.41 Å². The van der Waals surface area contributed by atoms with Gasteiger partial charge in [-0.2, -0.15) is 0 Å². The van der Waals surface area contributed by atoms with Gasteiger partial charge in [-0.25, -0.2) is 0 Å². The lowest BCUT2D eigenvalue weighted by molar-refractivity contribution is 0.476. The molecule has 13 heavy (non-hydrogen) atoms. The summed E-state index contributed by atoms with van der Waals surface area (Å²) < 4.78 is -0.756. The van der Waals surface area contributed by atoms with Crippen LogP contribution in [0.3, 0.4) is 0 Å². The molecule has 0 fully saturated rings. The second kappa shape index (κ2) is 3.51. The molecule has 0 aliphatic heterocycles. The van der Waals surface area contributed by atoms with E-state index in [2.05, 4.69) is 0 Å². The maximum atomic E-state index is 6.12. The second-order valence-electron chi connectivity index (χ2n) is 3.88. The van der Waals surface area contributed by atoms with Crippen molar-refractivity contribution in [2.75, 3.05) is 0 Å². The van der Waals surface area contributed by atoms with Gasteiger partial charge in [-0.3, -0.25) is 0 Å². The smallest absolute Gasteiger partial charge is 0.101 e. The average molecular weight is 217 g/mol. The quantitative estimate of drug-likeness (QED) is 0.652. The molecule has 0 aliphatic rings. The maximum Gasteiger partial charge on any atom is 0.124 e. The van der Waals surface area contributed by atoms with E-state index in [0.717, 1.165) is 5.56 Å². The van der Waals surface area contributed by atoms with E-state index in [9.17, 15) is 0 Å². The van der Waals surface area contributed by atoms with Crippen molar-refractivity contribution >= 4 is 23.2 Å². The molecular weight excluding hydrogens is 203 g/mol. The van der Waals surface area contributed by atoms with Crippen LogP contribution in [0.25, 0.3) is 0 Å². The Morgan fingerprint density at radius 3 is 1.77 bits per heavy atom. The van der Waals surface area contributed by atoms with E-state index in [1.165, 1.54) is 0 Å². The fraction of sp³-hybridized carbons (Fsp3) is 0.455. The third kappa shape index (κ3) is 2.18. The number of halogens is 2. The minimum Gasteiger partial charge on any atom is -0.101 e. The molecule has 0 heterocycles. The van der Waals surface area contributed by atoms with Crippen LogP contribution in [0.1, 0.15) is 26.3 Å². The molecule has 0 saturated carbocycles. The minimum absolute atomic E-state index is 0.239. The average Bonchev–Trinajstić information content (AvgIpc) is 2.04. The predicted molar refractivity (Wildman–Crippen MR) is 59.6 cm³/mol. The lowest BCUT2D eigenvalue weighted by atomic mass is 9.81. The van der Waals surface area contributed by atoms with E-state index in [4.69, 9.17) is 23.2 Å². The number of benzene rings is 1. The fourth-order valence-electron chi connectivity index (χ4n) is 1.11. The van der Waals surface area contributed by atoms with Crippen molar-refractivity contribution < 1.29 is 0 Å².